The van der Waals surface area contributed by atoms with Gasteiger partial charge in [0.2, 0.25) is 0 Å². The molecule has 0 bridgehead atoms. The van der Waals surface area contributed by atoms with E-state index in [4.69, 9.17) is 56.8 Å². The second-order valence-corrected chi connectivity index (χ2v) is 8.79. The van der Waals surface area contributed by atoms with Crippen molar-refractivity contribution in [1.29, 1.82) is 0 Å². The van der Waals surface area contributed by atoms with Crippen LogP contribution < -0.4 is 10.6 Å². The first-order valence-electron chi connectivity index (χ1n) is 15.5. The van der Waals surface area contributed by atoms with Crippen LogP contribution in [0.4, 0.5) is 9.59 Å². The predicted molar refractivity (Wildman–Crippen MR) is 168 cm³/mol. The van der Waals surface area contributed by atoms with Crippen LogP contribution in [0.3, 0.4) is 0 Å². The normalized spacial score (nSPS) is 10.6. The Hall–Kier alpha value is -3.36. The molecule has 0 aromatic rings. The Labute approximate surface area is 281 Å². The van der Waals surface area contributed by atoms with Gasteiger partial charge in [0.1, 0.15) is 33.0 Å². The Balaban J connectivity index is 3.19. The Morgan fingerprint density at radius 2 is 0.792 bits per heavy atom. The monoisotopic (exact) mass is 696 g/mol. The van der Waals surface area contributed by atoms with Crippen LogP contribution in [0.2, 0.25) is 0 Å². The fourth-order valence-corrected chi connectivity index (χ4v) is 2.84. The number of hydrogen-bond acceptors (Lipinski definition) is 16. The SMILES string of the molecule is C=CCOC(=O)CNC(=O)OCCOCCOCCOCCOCCOCCOCCOCCOCCOC(=O)NCCOC(=O)C=C. The van der Waals surface area contributed by atoms with Gasteiger partial charge >= 0.3 is 24.1 Å². The zero-order valence-corrected chi connectivity index (χ0v) is 27.7. The van der Waals surface area contributed by atoms with E-state index in [1.165, 1.54) is 6.08 Å². The van der Waals surface area contributed by atoms with E-state index in [9.17, 15) is 19.2 Å². The van der Waals surface area contributed by atoms with Crippen LogP contribution in [0.1, 0.15) is 0 Å². The summed E-state index contributed by atoms with van der Waals surface area (Å²) in [6.07, 6.45) is 1.10. The summed E-state index contributed by atoms with van der Waals surface area (Å²) in [6.45, 7) is 12.9. The van der Waals surface area contributed by atoms with E-state index in [-0.39, 0.29) is 52.7 Å². The molecule has 0 atom stereocenters. The number of amides is 2. The summed E-state index contributed by atoms with van der Waals surface area (Å²) in [5, 5.41) is 4.69. The molecule has 0 unspecified atom stereocenters. The molecule has 0 aliphatic heterocycles. The molecule has 278 valence electrons. The molecule has 18 heteroatoms. The standard InChI is InChI=1S/C30H52N2O16/c1-3-6-45-28(34)26-32-30(36)48-25-23-44-21-19-42-17-15-40-13-11-38-9-8-37-10-12-39-14-16-41-18-20-43-22-24-47-29(35)31-5-7-46-27(33)4-2/h3-4H,1-2,5-26H2,(H,31,35)(H,32,36). The topological polar surface area (TPSA) is 203 Å². The lowest BCUT2D eigenvalue weighted by Gasteiger charge is -2.09. The van der Waals surface area contributed by atoms with Crippen molar-refractivity contribution in [3.63, 3.8) is 0 Å². The summed E-state index contributed by atoms with van der Waals surface area (Å²) in [5.41, 5.74) is 0. The van der Waals surface area contributed by atoms with Gasteiger partial charge in [-0.1, -0.05) is 19.2 Å². The molecule has 0 fully saturated rings. The highest BCUT2D eigenvalue weighted by molar-refractivity contribution is 5.81. The molecule has 48 heavy (non-hydrogen) atoms. The van der Waals surface area contributed by atoms with Crippen LogP contribution in [0, 0.1) is 0 Å². The van der Waals surface area contributed by atoms with Crippen LogP contribution >= 0.6 is 0 Å². The summed E-state index contributed by atoms with van der Waals surface area (Å²) in [5.74, 6) is -1.14. The van der Waals surface area contributed by atoms with Crippen molar-refractivity contribution >= 4 is 24.1 Å². The van der Waals surface area contributed by atoms with Gasteiger partial charge in [-0.25, -0.2) is 14.4 Å². The minimum atomic E-state index is -0.736. The van der Waals surface area contributed by atoms with E-state index in [1.807, 2.05) is 0 Å². The molecule has 2 amide bonds. The summed E-state index contributed by atoms with van der Waals surface area (Å²) in [4.78, 5) is 44.9. The largest absolute Gasteiger partial charge is 0.461 e. The molecular formula is C30H52N2O16. The van der Waals surface area contributed by atoms with E-state index in [0.29, 0.717) is 92.5 Å². The molecule has 0 saturated heterocycles. The maximum absolute atomic E-state index is 11.4. The maximum Gasteiger partial charge on any atom is 0.407 e. The fraction of sp³-hybridized carbons (Fsp3) is 0.733. The van der Waals surface area contributed by atoms with Crippen LogP contribution in [-0.4, -0.2) is 169 Å². The van der Waals surface area contributed by atoms with Crippen molar-refractivity contribution in [3.05, 3.63) is 25.3 Å². The Morgan fingerprint density at radius 3 is 1.15 bits per heavy atom. The third-order valence-electron chi connectivity index (χ3n) is 5.05. The highest BCUT2D eigenvalue weighted by Crippen LogP contribution is 1.88. The van der Waals surface area contributed by atoms with E-state index in [0.717, 1.165) is 6.08 Å². The molecule has 18 nitrogen and oxygen atoms in total. The number of alkyl carbamates (subject to hydrolysis) is 2. The van der Waals surface area contributed by atoms with Gasteiger partial charge in [-0.05, 0) is 0 Å². The van der Waals surface area contributed by atoms with E-state index in [2.05, 4.69) is 23.8 Å². The fourth-order valence-electron chi connectivity index (χ4n) is 2.84. The van der Waals surface area contributed by atoms with Crippen LogP contribution in [0.5, 0.6) is 0 Å². The van der Waals surface area contributed by atoms with Gasteiger partial charge in [0, 0.05) is 6.08 Å². The summed E-state index contributed by atoms with van der Waals surface area (Å²) < 4.78 is 62.2. The second kappa shape index (κ2) is 36.5. The first-order chi connectivity index (χ1) is 23.5. The van der Waals surface area contributed by atoms with Crippen LogP contribution in [0.15, 0.2) is 25.3 Å². The van der Waals surface area contributed by atoms with Crippen molar-refractivity contribution < 1.29 is 76.0 Å². The second-order valence-electron chi connectivity index (χ2n) is 8.79. The molecule has 0 aromatic heterocycles. The third kappa shape index (κ3) is 35.5. The quantitative estimate of drug-likeness (QED) is 0.0295. The number of carbonyl (C=O) groups excluding carboxylic acids is 4. The van der Waals surface area contributed by atoms with Gasteiger partial charge in [0.05, 0.1) is 112 Å². The molecule has 0 spiro atoms. The lowest BCUT2D eigenvalue weighted by molar-refractivity contribution is -0.141. The zero-order valence-electron chi connectivity index (χ0n) is 27.7. The molecule has 0 radical (unpaired) electrons. The highest BCUT2D eigenvalue weighted by atomic mass is 16.6. The predicted octanol–water partition coefficient (Wildman–Crippen LogP) is 0.0300. The zero-order chi connectivity index (χ0) is 35.2. The molecule has 0 aliphatic carbocycles. The first kappa shape index (κ1) is 44.6. The Morgan fingerprint density at radius 1 is 0.438 bits per heavy atom. The van der Waals surface area contributed by atoms with Crippen molar-refractivity contribution in [2.24, 2.45) is 0 Å². The maximum atomic E-state index is 11.4. The number of carbonyl (C=O) groups is 4. The van der Waals surface area contributed by atoms with Gasteiger partial charge in [-0.2, -0.15) is 0 Å². The van der Waals surface area contributed by atoms with Gasteiger partial charge in [0.15, 0.2) is 0 Å². The van der Waals surface area contributed by atoms with Crippen molar-refractivity contribution in [2.45, 2.75) is 0 Å². The third-order valence-corrected chi connectivity index (χ3v) is 5.05. The van der Waals surface area contributed by atoms with E-state index < -0.39 is 24.1 Å². The number of rotatable bonds is 35. The van der Waals surface area contributed by atoms with Gasteiger partial charge in [0.25, 0.3) is 0 Å². The lowest BCUT2D eigenvalue weighted by Crippen LogP contribution is -2.31. The minimum Gasteiger partial charge on any atom is -0.461 e. The highest BCUT2D eigenvalue weighted by Gasteiger charge is 2.06. The Kier molecular flexibility index (Phi) is 33.9. The minimum absolute atomic E-state index is 0.0313. The summed E-state index contributed by atoms with van der Waals surface area (Å²) in [6, 6.07) is 0. The number of hydrogen-bond donors (Lipinski definition) is 2. The van der Waals surface area contributed by atoms with E-state index in [1.54, 1.807) is 0 Å². The van der Waals surface area contributed by atoms with Crippen LogP contribution in [-0.2, 0) is 66.4 Å². The van der Waals surface area contributed by atoms with Crippen molar-refractivity contribution in [1.82, 2.24) is 10.6 Å². The van der Waals surface area contributed by atoms with Gasteiger partial charge in [-0.15, -0.1) is 0 Å². The number of esters is 2. The average molecular weight is 697 g/mol. The molecule has 0 saturated carbocycles. The van der Waals surface area contributed by atoms with Crippen molar-refractivity contribution in [3.8, 4) is 0 Å². The van der Waals surface area contributed by atoms with Crippen molar-refractivity contribution in [2.75, 3.05) is 145 Å². The molecule has 0 heterocycles. The lowest BCUT2D eigenvalue weighted by atomic mass is 10.6. The average Bonchev–Trinajstić information content (AvgIpc) is 3.09. The molecule has 2 N–H and O–H groups in total. The Bertz CT molecular complexity index is 833. The summed E-state index contributed by atoms with van der Waals surface area (Å²) >= 11 is 0. The van der Waals surface area contributed by atoms with Gasteiger partial charge < -0.3 is 67.5 Å². The van der Waals surface area contributed by atoms with Crippen LogP contribution in [0.25, 0.3) is 0 Å². The smallest absolute Gasteiger partial charge is 0.407 e. The molecule has 0 aromatic carbocycles. The van der Waals surface area contributed by atoms with Gasteiger partial charge in [-0.3, -0.25) is 4.79 Å². The first-order valence-corrected chi connectivity index (χ1v) is 15.5. The summed E-state index contributed by atoms with van der Waals surface area (Å²) in [7, 11) is 0. The number of ether oxygens (including phenoxy) is 12. The molecule has 0 aliphatic rings. The number of nitrogens with one attached hydrogen (secondary N) is 2. The van der Waals surface area contributed by atoms with E-state index >= 15 is 0 Å². The molecular weight excluding hydrogens is 644 g/mol. The molecule has 0 rings (SSSR count).